The van der Waals surface area contributed by atoms with Crippen LogP contribution in [0.5, 0.6) is 5.75 Å². The number of rotatable bonds is 9. The van der Waals surface area contributed by atoms with Crippen molar-refractivity contribution in [2.75, 3.05) is 20.3 Å². The van der Waals surface area contributed by atoms with Gasteiger partial charge in [0.1, 0.15) is 18.5 Å². The van der Waals surface area contributed by atoms with E-state index in [1.807, 2.05) is 48.5 Å². The van der Waals surface area contributed by atoms with Gasteiger partial charge in [-0.25, -0.2) is 4.79 Å². The number of ether oxygens (including phenoxy) is 2. The van der Waals surface area contributed by atoms with Crippen LogP contribution < -0.4 is 10.1 Å². The van der Waals surface area contributed by atoms with Crippen molar-refractivity contribution in [2.24, 2.45) is 0 Å². The maximum atomic E-state index is 12.3. The summed E-state index contributed by atoms with van der Waals surface area (Å²) < 4.78 is 10.4. The Bertz CT molecular complexity index is 1180. The highest BCUT2D eigenvalue weighted by Crippen LogP contribution is 2.44. The summed E-state index contributed by atoms with van der Waals surface area (Å²) in [5.41, 5.74) is 4.05. The number of hydrogen-bond acceptors (Lipinski definition) is 7. The number of benzene rings is 3. The van der Waals surface area contributed by atoms with Crippen LogP contribution in [0.4, 0.5) is 10.5 Å². The molecule has 0 aliphatic heterocycles. The van der Waals surface area contributed by atoms with E-state index in [-0.39, 0.29) is 42.5 Å². The quantitative estimate of drug-likeness (QED) is 0.314. The lowest BCUT2D eigenvalue weighted by atomic mass is 9.98. The van der Waals surface area contributed by atoms with Crippen LogP contribution in [0.25, 0.3) is 11.1 Å². The van der Waals surface area contributed by atoms with Crippen molar-refractivity contribution in [3.63, 3.8) is 0 Å². The molecule has 9 heteroatoms. The van der Waals surface area contributed by atoms with Crippen molar-refractivity contribution in [3.05, 3.63) is 93.5 Å². The van der Waals surface area contributed by atoms with Crippen molar-refractivity contribution in [3.8, 4) is 16.9 Å². The molecule has 182 valence electrons. The Morgan fingerprint density at radius 3 is 2.29 bits per heavy atom. The first-order valence-corrected chi connectivity index (χ1v) is 11.2. The van der Waals surface area contributed by atoms with Gasteiger partial charge in [0, 0.05) is 12.5 Å². The SMILES string of the molecule is COc1ccc(C(O)C(O)CCNC(=O)OCC2c3ccccc3-c3ccccc32)c([N+](=O)[O-])c1. The summed E-state index contributed by atoms with van der Waals surface area (Å²) in [5, 5.41) is 34.7. The molecule has 0 radical (unpaired) electrons. The Morgan fingerprint density at radius 2 is 1.69 bits per heavy atom. The maximum absolute atomic E-state index is 12.3. The summed E-state index contributed by atoms with van der Waals surface area (Å²) >= 11 is 0. The summed E-state index contributed by atoms with van der Waals surface area (Å²) in [7, 11) is 1.37. The van der Waals surface area contributed by atoms with Crippen LogP contribution in [0.2, 0.25) is 0 Å². The summed E-state index contributed by atoms with van der Waals surface area (Å²) in [6.07, 6.45) is -3.53. The summed E-state index contributed by atoms with van der Waals surface area (Å²) in [4.78, 5) is 23.0. The zero-order valence-electron chi connectivity index (χ0n) is 19.1. The van der Waals surface area contributed by atoms with E-state index in [9.17, 15) is 25.1 Å². The number of methoxy groups -OCH3 is 1. The second-order valence-electron chi connectivity index (χ2n) is 8.24. The van der Waals surface area contributed by atoms with Gasteiger partial charge in [0.15, 0.2) is 0 Å². The van der Waals surface area contributed by atoms with E-state index in [1.54, 1.807) is 0 Å². The van der Waals surface area contributed by atoms with Crippen LogP contribution in [-0.2, 0) is 4.74 Å². The first kappa shape index (κ1) is 24.2. The fourth-order valence-corrected chi connectivity index (χ4v) is 4.40. The molecule has 0 heterocycles. The highest BCUT2D eigenvalue weighted by atomic mass is 16.6. The summed E-state index contributed by atoms with van der Waals surface area (Å²) in [5.74, 6) is 0.190. The van der Waals surface area contributed by atoms with E-state index in [0.29, 0.717) is 0 Å². The molecule has 0 fully saturated rings. The average Bonchev–Trinajstić information content (AvgIpc) is 3.20. The predicted octanol–water partition coefficient (Wildman–Crippen LogP) is 3.93. The highest BCUT2D eigenvalue weighted by Gasteiger charge is 2.29. The minimum absolute atomic E-state index is 0.0128. The van der Waals surface area contributed by atoms with Crippen LogP contribution in [0.1, 0.15) is 35.1 Å². The number of nitrogens with one attached hydrogen (secondary N) is 1. The molecule has 3 N–H and O–H groups in total. The van der Waals surface area contributed by atoms with Gasteiger partial charge in [0.2, 0.25) is 0 Å². The van der Waals surface area contributed by atoms with E-state index in [2.05, 4.69) is 5.32 Å². The van der Waals surface area contributed by atoms with Gasteiger partial charge in [-0.15, -0.1) is 0 Å². The molecule has 0 saturated heterocycles. The van der Waals surface area contributed by atoms with Crippen molar-refractivity contribution in [1.29, 1.82) is 0 Å². The fraction of sp³-hybridized carbons (Fsp3) is 0.269. The molecule has 3 aromatic carbocycles. The molecule has 4 rings (SSSR count). The van der Waals surface area contributed by atoms with Gasteiger partial charge in [0.25, 0.3) is 5.69 Å². The smallest absolute Gasteiger partial charge is 0.407 e. The zero-order valence-corrected chi connectivity index (χ0v) is 19.1. The molecule has 0 spiro atoms. The zero-order chi connectivity index (χ0) is 24.9. The van der Waals surface area contributed by atoms with Gasteiger partial charge in [-0.05, 0) is 40.8 Å². The lowest BCUT2D eigenvalue weighted by molar-refractivity contribution is -0.386. The largest absolute Gasteiger partial charge is 0.497 e. The van der Waals surface area contributed by atoms with Crippen LogP contribution in [0, 0.1) is 10.1 Å². The molecule has 0 saturated carbocycles. The minimum atomic E-state index is -1.51. The third-order valence-electron chi connectivity index (χ3n) is 6.17. The second-order valence-corrected chi connectivity index (χ2v) is 8.24. The molecule has 9 nitrogen and oxygen atoms in total. The van der Waals surface area contributed by atoms with Gasteiger partial charge < -0.3 is 25.0 Å². The normalized spacial score (nSPS) is 13.9. The van der Waals surface area contributed by atoms with Gasteiger partial charge in [-0.1, -0.05) is 48.5 Å². The number of alkyl carbamates (subject to hydrolysis) is 1. The topological polar surface area (TPSA) is 131 Å². The summed E-state index contributed by atoms with van der Waals surface area (Å²) in [6, 6.07) is 20.0. The van der Waals surface area contributed by atoms with E-state index in [4.69, 9.17) is 9.47 Å². The van der Waals surface area contributed by atoms with E-state index in [0.717, 1.165) is 22.3 Å². The van der Waals surface area contributed by atoms with Gasteiger partial charge >= 0.3 is 6.09 Å². The lowest BCUT2D eigenvalue weighted by Gasteiger charge is -2.19. The van der Waals surface area contributed by atoms with Crippen molar-refractivity contribution >= 4 is 11.8 Å². The standard InChI is InChI=1S/C26H26N2O7/c1-34-16-10-11-21(23(14-16)28(32)33)25(30)24(29)12-13-27-26(31)35-15-22-19-8-4-2-6-17(19)18-7-3-5-9-20(18)22/h2-11,14,22,24-25,29-30H,12-13,15H2,1H3,(H,27,31). The second kappa shape index (κ2) is 10.5. The van der Waals surface area contributed by atoms with E-state index < -0.39 is 23.2 Å². The molecule has 0 aromatic heterocycles. The number of aliphatic hydroxyl groups is 2. The molecule has 1 amide bonds. The Balaban J connectivity index is 1.31. The third kappa shape index (κ3) is 5.11. The van der Waals surface area contributed by atoms with Gasteiger partial charge in [-0.3, -0.25) is 10.1 Å². The first-order chi connectivity index (χ1) is 16.9. The van der Waals surface area contributed by atoms with Crippen LogP contribution >= 0.6 is 0 Å². The van der Waals surface area contributed by atoms with Crippen LogP contribution in [-0.4, -0.2) is 47.6 Å². The third-order valence-corrected chi connectivity index (χ3v) is 6.17. The number of fused-ring (bicyclic) bond motifs is 3. The van der Waals surface area contributed by atoms with Crippen molar-refractivity contribution in [2.45, 2.75) is 24.5 Å². The van der Waals surface area contributed by atoms with Crippen molar-refractivity contribution in [1.82, 2.24) is 5.32 Å². The Kier molecular flexibility index (Phi) is 7.28. The molecule has 1 aliphatic carbocycles. The van der Waals surface area contributed by atoms with Crippen molar-refractivity contribution < 1.29 is 29.4 Å². The van der Waals surface area contributed by atoms with Crippen LogP contribution in [0.3, 0.4) is 0 Å². The average molecular weight is 479 g/mol. The Morgan fingerprint density at radius 1 is 1.06 bits per heavy atom. The number of hydrogen-bond donors (Lipinski definition) is 3. The monoisotopic (exact) mass is 478 g/mol. The molecule has 0 bridgehead atoms. The molecule has 3 aromatic rings. The van der Waals surface area contributed by atoms with Gasteiger partial charge in [0.05, 0.1) is 29.8 Å². The maximum Gasteiger partial charge on any atom is 0.407 e. The molecule has 2 unspecified atom stereocenters. The number of carbonyl (C=O) groups is 1. The van der Waals surface area contributed by atoms with Crippen LogP contribution in [0.15, 0.2) is 66.7 Å². The molecular formula is C26H26N2O7. The molecule has 1 aliphatic rings. The minimum Gasteiger partial charge on any atom is -0.497 e. The molecule has 35 heavy (non-hydrogen) atoms. The van der Waals surface area contributed by atoms with E-state index in [1.165, 1.54) is 25.3 Å². The molecular weight excluding hydrogens is 452 g/mol. The number of carbonyl (C=O) groups excluding carboxylic acids is 1. The Hall–Kier alpha value is -3.95. The lowest BCUT2D eigenvalue weighted by Crippen LogP contribution is -2.30. The first-order valence-electron chi connectivity index (χ1n) is 11.2. The number of nitro groups is 1. The number of aliphatic hydroxyl groups excluding tert-OH is 2. The number of nitrogens with zero attached hydrogens (tertiary/aromatic N) is 1. The molecule has 2 atom stereocenters. The predicted molar refractivity (Wildman–Crippen MR) is 128 cm³/mol. The fourth-order valence-electron chi connectivity index (χ4n) is 4.40. The highest BCUT2D eigenvalue weighted by molar-refractivity contribution is 5.79. The number of amides is 1. The van der Waals surface area contributed by atoms with Gasteiger partial charge in [-0.2, -0.15) is 0 Å². The Labute approximate surface area is 202 Å². The number of nitro benzene ring substituents is 1. The summed E-state index contributed by atoms with van der Waals surface area (Å²) in [6.45, 7) is 0.169. The van der Waals surface area contributed by atoms with E-state index >= 15 is 0 Å².